The summed E-state index contributed by atoms with van der Waals surface area (Å²) in [5.74, 6) is 0.520. The van der Waals surface area contributed by atoms with Crippen LogP contribution in [0.5, 0.6) is 0 Å². The Morgan fingerprint density at radius 3 is 2.35 bits per heavy atom. The van der Waals surface area contributed by atoms with Gasteiger partial charge in [-0.1, -0.05) is 34.6 Å². The third kappa shape index (κ3) is 2.09. The van der Waals surface area contributed by atoms with Gasteiger partial charge >= 0.3 is 0 Å². The van der Waals surface area contributed by atoms with Crippen LogP contribution in [0.3, 0.4) is 0 Å². The van der Waals surface area contributed by atoms with Crippen molar-refractivity contribution in [3.05, 3.63) is 0 Å². The maximum Gasteiger partial charge on any atom is 0.234 e. The van der Waals surface area contributed by atoms with Crippen LogP contribution in [0.4, 0.5) is 0 Å². The van der Waals surface area contributed by atoms with Crippen molar-refractivity contribution >= 4 is 11.7 Å². The summed E-state index contributed by atoms with van der Waals surface area (Å²) in [7, 11) is 0. The molecular weight excluding hydrogens is 252 g/mol. The second kappa shape index (κ2) is 5.14. The van der Waals surface area contributed by atoms with Gasteiger partial charge in [0, 0.05) is 5.41 Å². The third-order valence-electron chi connectivity index (χ3n) is 6.11. The highest BCUT2D eigenvalue weighted by atomic mass is 16.2. The molecule has 3 atom stereocenters. The van der Waals surface area contributed by atoms with Crippen LogP contribution >= 0.6 is 0 Å². The summed E-state index contributed by atoms with van der Waals surface area (Å²) in [5.41, 5.74) is -0.262. The van der Waals surface area contributed by atoms with Gasteiger partial charge in [-0.05, 0) is 37.3 Å². The molecule has 0 saturated heterocycles. The summed E-state index contributed by atoms with van der Waals surface area (Å²) in [5, 5.41) is 3.01. The standard InChI is InChI=1S/C16H28N2O2/c1-6-18(7-2)10-12(19)17-13-11-8-9-16(5,14(13)20)15(11,3)4/h11,13H,6-10H2,1-5H3,(H,17,19). The van der Waals surface area contributed by atoms with Gasteiger partial charge in [-0.15, -0.1) is 0 Å². The van der Waals surface area contributed by atoms with Crippen LogP contribution in [0, 0.1) is 16.7 Å². The zero-order chi connectivity index (χ0) is 15.1. The normalized spacial score (nSPS) is 34.8. The number of rotatable bonds is 5. The van der Waals surface area contributed by atoms with Gasteiger partial charge < -0.3 is 5.32 Å². The lowest BCUT2D eigenvalue weighted by Gasteiger charge is -2.32. The molecule has 0 aromatic carbocycles. The predicted octanol–water partition coefficient (Wildman–Crippen LogP) is 1.84. The maximum atomic E-state index is 12.6. The molecule has 0 aromatic rings. The summed E-state index contributed by atoms with van der Waals surface area (Å²) in [6.45, 7) is 12.6. The minimum absolute atomic E-state index is 0.00275. The number of hydrogen-bond acceptors (Lipinski definition) is 3. The first kappa shape index (κ1) is 15.5. The van der Waals surface area contributed by atoms with Crippen molar-refractivity contribution < 1.29 is 9.59 Å². The van der Waals surface area contributed by atoms with Gasteiger partial charge in [0.15, 0.2) is 5.78 Å². The second-order valence-electron chi connectivity index (χ2n) is 7.07. The van der Waals surface area contributed by atoms with E-state index in [1.165, 1.54) is 0 Å². The number of nitrogens with one attached hydrogen (secondary N) is 1. The molecule has 4 nitrogen and oxygen atoms in total. The largest absolute Gasteiger partial charge is 0.345 e. The molecule has 1 amide bonds. The zero-order valence-corrected chi connectivity index (χ0v) is 13.5. The molecule has 2 rings (SSSR count). The molecule has 2 saturated carbocycles. The minimum atomic E-state index is -0.271. The van der Waals surface area contributed by atoms with Crippen molar-refractivity contribution in [3.8, 4) is 0 Å². The van der Waals surface area contributed by atoms with E-state index in [1.54, 1.807) is 0 Å². The number of amides is 1. The lowest BCUT2D eigenvalue weighted by molar-refractivity contribution is -0.133. The highest BCUT2D eigenvalue weighted by molar-refractivity contribution is 5.97. The van der Waals surface area contributed by atoms with E-state index in [9.17, 15) is 9.59 Å². The summed E-state index contributed by atoms with van der Waals surface area (Å²) in [4.78, 5) is 26.9. The molecule has 20 heavy (non-hydrogen) atoms. The summed E-state index contributed by atoms with van der Waals surface area (Å²) in [6, 6.07) is -0.271. The van der Waals surface area contributed by atoms with Crippen molar-refractivity contribution in [2.24, 2.45) is 16.7 Å². The number of Topliss-reactive ketones (excluding diaryl/α,β-unsaturated/α-hetero) is 1. The first-order valence-corrected chi connectivity index (χ1v) is 7.84. The molecule has 2 bridgehead atoms. The van der Waals surface area contributed by atoms with E-state index in [0.717, 1.165) is 25.9 Å². The van der Waals surface area contributed by atoms with E-state index in [0.29, 0.717) is 12.5 Å². The zero-order valence-electron chi connectivity index (χ0n) is 13.5. The highest BCUT2D eigenvalue weighted by Gasteiger charge is 2.66. The van der Waals surface area contributed by atoms with Crippen molar-refractivity contribution in [1.29, 1.82) is 0 Å². The maximum absolute atomic E-state index is 12.6. The number of nitrogens with zero attached hydrogens (tertiary/aromatic N) is 1. The highest BCUT2D eigenvalue weighted by Crippen LogP contribution is 2.63. The lowest BCUT2D eigenvalue weighted by atomic mass is 9.70. The number of carbonyl (C=O) groups excluding carboxylic acids is 2. The van der Waals surface area contributed by atoms with Gasteiger partial charge in [-0.2, -0.15) is 0 Å². The number of likely N-dealkylation sites (N-methyl/N-ethyl adjacent to an activating group) is 1. The van der Waals surface area contributed by atoms with Crippen LogP contribution in [-0.4, -0.2) is 42.3 Å². The average Bonchev–Trinajstić information content (AvgIpc) is 2.70. The number of ketones is 1. The summed E-state index contributed by atoms with van der Waals surface area (Å²) in [6.07, 6.45) is 2.01. The van der Waals surface area contributed by atoms with Crippen molar-refractivity contribution in [2.45, 2.75) is 53.5 Å². The Kier molecular flexibility index (Phi) is 3.98. The Bertz CT molecular complexity index is 415. The van der Waals surface area contributed by atoms with Crippen LogP contribution in [0.25, 0.3) is 0 Å². The smallest absolute Gasteiger partial charge is 0.234 e. The molecule has 1 N–H and O–H groups in total. The van der Waals surface area contributed by atoms with Gasteiger partial charge in [-0.25, -0.2) is 0 Å². The van der Waals surface area contributed by atoms with Gasteiger partial charge in [0.2, 0.25) is 5.91 Å². The van der Waals surface area contributed by atoms with Gasteiger partial charge in [0.25, 0.3) is 0 Å². The Hall–Kier alpha value is -0.900. The monoisotopic (exact) mass is 280 g/mol. The predicted molar refractivity (Wildman–Crippen MR) is 79.3 cm³/mol. The molecule has 2 aliphatic carbocycles. The summed E-state index contributed by atoms with van der Waals surface area (Å²) < 4.78 is 0. The van der Waals surface area contributed by atoms with E-state index < -0.39 is 0 Å². The van der Waals surface area contributed by atoms with E-state index in [4.69, 9.17) is 0 Å². The molecule has 0 spiro atoms. The first-order valence-electron chi connectivity index (χ1n) is 7.84. The molecule has 114 valence electrons. The van der Waals surface area contributed by atoms with Crippen molar-refractivity contribution in [3.63, 3.8) is 0 Å². The van der Waals surface area contributed by atoms with E-state index in [1.807, 2.05) is 13.8 Å². The Balaban J connectivity index is 2.05. The molecule has 0 aromatic heterocycles. The molecule has 0 heterocycles. The van der Waals surface area contributed by atoms with Crippen LogP contribution in [0.2, 0.25) is 0 Å². The van der Waals surface area contributed by atoms with Crippen molar-refractivity contribution in [1.82, 2.24) is 10.2 Å². The fraction of sp³-hybridized carbons (Fsp3) is 0.875. The van der Waals surface area contributed by atoms with Crippen LogP contribution in [-0.2, 0) is 9.59 Å². The number of carbonyl (C=O) groups is 2. The van der Waals surface area contributed by atoms with Crippen LogP contribution in [0.1, 0.15) is 47.5 Å². The fourth-order valence-electron chi connectivity index (χ4n) is 4.12. The topological polar surface area (TPSA) is 49.4 Å². The SMILES string of the molecule is CCN(CC)CC(=O)NC1C(=O)C2(C)CCC1C2(C)C. The van der Waals surface area contributed by atoms with E-state index >= 15 is 0 Å². The van der Waals surface area contributed by atoms with E-state index in [2.05, 4.69) is 31.0 Å². The minimum Gasteiger partial charge on any atom is -0.345 e. The Morgan fingerprint density at radius 1 is 1.30 bits per heavy atom. The molecule has 2 aliphatic rings. The van der Waals surface area contributed by atoms with Crippen LogP contribution in [0.15, 0.2) is 0 Å². The molecule has 2 fully saturated rings. The van der Waals surface area contributed by atoms with Crippen LogP contribution < -0.4 is 5.32 Å². The van der Waals surface area contributed by atoms with E-state index in [-0.39, 0.29) is 28.6 Å². The number of fused-ring (bicyclic) bond motifs is 2. The Labute approximate surface area is 122 Å². The van der Waals surface area contributed by atoms with Gasteiger partial charge in [-0.3, -0.25) is 14.5 Å². The second-order valence-corrected chi connectivity index (χ2v) is 7.07. The molecule has 3 unspecified atom stereocenters. The average molecular weight is 280 g/mol. The number of hydrogen-bond donors (Lipinski definition) is 1. The first-order chi connectivity index (χ1) is 9.27. The molecule has 0 aliphatic heterocycles. The lowest BCUT2D eigenvalue weighted by Crippen LogP contribution is -2.49. The molecule has 0 radical (unpaired) electrons. The van der Waals surface area contributed by atoms with Crippen molar-refractivity contribution in [2.75, 3.05) is 19.6 Å². The Morgan fingerprint density at radius 2 is 1.90 bits per heavy atom. The third-order valence-corrected chi connectivity index (χ3v) is 6.11. The fourth-order valence-corrected chi connectivity index (χ4v) is 4.12. The molecular formula is C16H28N2O2. The summed E-state index contributed by atoms with van der Waals surface area (Å²) >= 11 is 0. The molecule has 4 heteroatoms. The van der Waals surface area contributed by atoms with Gasteiger partial charge in [0.05, 0.1) is 12.6 Å². The quantitative estimate of drug-likeness (QED) is 0.836. The van der Waals surface area contributed by atoms with Gasteiger partial charge in [0.1, 0.15) is 0 Å².